The number of fused-ring (bicyclic) bond motifs is 2. The van der Waals surface area contributed by atoms with Crippen LogP contribution in [0.4, 0.5) is 0 Å². The highest BCUT2D eigenvalue weighted by Gasteiger charge is 2.41. The van der Waals surface area contributed by atoms with Crippen LogP contribution >= 0.6 is 0 Å². The molecule has 2 heterocycles. The molecule has 0 aliphatic carbocycles. The topological polar surface area (TPSA) is 72.9 Å². The Hall–Kier alpha value is -3.15. The summed E-state index contributed by atoms with van der Waals surface area (Å²) in [4.78, 5) is 42.3. The minimum atomic E-state index is -0.684. The number of amides is 2. The minimum Gasteiger partial charge on any atom is -0.492 e. The van der Waals surface area contributed by atoms with Crippen molar-refractivity contribution in [1.29, 1.82) is 0 Å². The lowest BCUT2D eigenvalue weighted by Gasteiger charge is -2.15. The van der Waals surface area contributed by atoms with Crippen LogP contribution < -0.4 is 4.74 Å². The fraction of sp³-hybridized carbons (Fsp3) is 0.211. The molecule has 4 rings (SSSR count). The summed E-state index contributed by atoms with van der Waals surface area (Å²) in [6, 6.07) is 10.1. The molecule has 2 aliphatic rings. The molecule has 0 saturated carbocycles. The predicted molar refractivity (Wildman–Crippen MR) is 87.2 cm³/mol. The zero-order valence-electron chi connectivity index (χ0n) is 13.7. The van der Waals surface area contributed by atoms with Crippen LogP contribution in [0.25, 0.3) is 0 Å². The Kier molecular flexibility index (Phi) is 3.35. The molecule has 6 heteroatoms. The first kappa shape index (κ1) is 15.4. The van der Waals surface area contributed by atoms with Gasteiger partial charge in [-0.05, 0) is 43.2 Å². The zero-order valence-corrected chi connectivity index (χ0v) is 13.7. The number of ether oxygens (including phenoxy) is 1. The zero-order chi connectivity index (χ0) is 17.7. The second-order valence-electron chi connectivity index (χ2n) is 6.20. The van der Waals surface area contributed by atoms with Gasteiger partial charge in [0.05, 0.1) is 11.1 Å². The molecule has 2 aromatic rings. The van der Waals surface area contributed by atoms with E-state index in [1.807, 2.05) is 26.0 Å². The number of imide groups is 1. The molecule has 2 aliphatic heterocycles. The van der Waals surface area contributed by atoms with Crippen LogP contribution in [-0.2, 0) is 9.63 Å². The molecule has 0 spiro atoms. The van der Waals surface area contributed by atoms with Crippen LogP contribution in [0.1, 0.15) is 43.3 Å². The molecular formula is C19H15NO5. The van der Waals surface area contributed by atoms with Crippen molar-refractivity contribution in [1.82, 2.24) is 5.06 Å². The summed E-state index contributed by atoms with van der Waals surface area (Å²) in [5.74, 6) is -1.98. The van der Waals surface area contributed by atoms with E-state index in [1.165, 1.54) is 12.1 Å². The second kappa shape index (κ2) is 5.44. The van der Waals surface area contributed by atoms with Gasteiger partial charge in [-0.2, -0.15) is 0 Å². The van der Waals surface area contributed by atoms with Gasteiger partial charge in [0.25, 0.3) is 11.8 Å². The normalized spacial score (nSPS) is 18.0. The van der Waals surface area contributed by atoms with Gasteiger partial charge in [-0.25, -0.2) is 4.79 Å². The third kappa shape index (κ3) is 2.29. The number of hydrogen-bond donors (Lipinski definition) is 0. The molecule has 6 nitrogen and oxygen atoms in total. The van der Waals surface area contributed by atoms with Gasteiger partial charge < -0.3 is 9.57 Å². The van der Waals surface area contributed by atoms with Gasteiger partial charge in [0, 0.05) is 5.56 Å². The minimum absolute atomic E-state index is 0.125. The fourth-order valence-electron chi connectivity index (χ4n) is 3.07. The highest BCUT2D eigenvalue weighted by Crippen LogP contribution is 2.37. The summed E-state index contributed by atoms with van der Waals surface area (Å²) in [7, 11) is 0. The summed E-state index contributed by atoms with van der Waals surface area (Å²) in [6.45, 7) is 4.03. The highest BCUT2D eigenvalue weighted by molar-refractivity contribution is 6.20. The van der Waals surface area contributed by atoms with Crippen LogP contribution in [0.3, 0.4) is 0 Å². The molecule has 0 radical (unpaired) electrons. The Labute approximate surface area is 143 Å². The first-order chi connectivity index (χ1) is 12.0. The summed E-state index contributed by atoms with van der Waals surface area (Å²) >= 11 is 0. The van der Waals surface area contributed by atoms with E-state index in [4.69, 9.17) is 9.57 Å². The molecular weight excluding hydrogens is 322 g/mol. The van der Waals surface area contributed by atoms with Gasteiger partial charge in [-0.3, -0.25) is 9.59 Å². The molecule has 126 valence electrons. The maximum atomic E-state index is 12.6. The van der Waals surface area contributed by atoms with E-state index >= 15 is 0 Å². The van der Waals surface area contributed by atoms with Crippen molar-refractivity contribution in [2.45, 2.75) is 19.8 Å². The SMILES string of the molecule is Cc1cc2c(cc1C)C(C(=O)ON1C(=O)c3ccccc3C1=O)CO2. The van der Waals surface area contributed by atoms with Crippen molar-refractivity contribution < 1.29 is 24.0 Å². The van der Waals surface area contributed by atoms with Crippen LogP contribution in [0.2, 0.25) is 0 Å². The van der Waals surface area contributed by atoms with E-state index in [0.29, 0.717) is 16.4 Å². The Morgan fingerprint density at radius 1 is 1.08 bits per heavy atom. The quantitative estimate of drug-likeness (QED) is 0.788. The molecule has 0 bridgehead atoms. The monoisotopic (exact) mass is 337 g/mol. The van der Waals surface area contributed by atoms with E-state index in [0.717, 1.165) is 11.1 Å². The number of hydrogen-bond acceptors (Lipinski definition) is 5. The molecule has 0 saturated heterocycles. The highest BCUT2D eigenvalue weighted by atomic mass is 16.7. The predicted octanol–water partition coefficient (Wildman–Crippen LogP) is 2.53. The third-order valence-corrected chi connectivity index (χ3v) is 4.63. The number of benzene rings is 2. The average Bonchev–Trinajstić information content (AvgIpc) is 3.10. The Balaban J connectivity index is 1.58. The number of carbonyl (C=O) groups excluding carboxylic acids is 3. The van der Waals surface area contributed by atoms with E-state index in [2.05, 4.69) is 0 Å². The Bertz CT molecular complexity index is 898. The molecule has 2 amide bonds. The molecule has 1 atom stereocenters. The van der Waals surface area contributed by atoms with E-state index in [1.54, 1.807) is 12.1 Å². The summed E-state index contributed by atoms with van der Waals surface area (Å²) in [5.41, 5.74) is 3.27. The largest absolute Gasteiger partial charge is 0.492 e. The third-order valence-electron chi connectivity index (χ3n) is 4.63. The Morgan fingerprint density at radius 3 is 2.32 bits per heavy atom. The maximum absolute atomic E-state index is 12.6. The van der Waals surface area contributed by atoms with Crippen LogP contribution in [-0.4, -0.2) is 29.5 Å². The standard InChI is InChI=1S/C19H15NO5/c1-10-7-14-15(9-24-16(14)8-11(10)2)19(23)25-20-17(21)12-5-3-4-6-13(12)18(20)22/h3-8,15H,9H2,1-2H3. The summed E-state index contributed by atoms with van der Waals surface area (Å²) in [6.07, 6.45) is 0. The molecule has 0 fully saturated rings. The smallest absolute Gasteiger partial charge is 0.344 e. The van der Waals surface area contributed by atoms with Crippen molar-refractivity contribution in [3.8, 4) is 5.75 Å². The van der Waals surface area contributed by atoms with E-state index in [-0.39, 0.29) is 17.7 Å². The molecule has 0 N–H and O–H groups in total. The Morgan fingerprint density at radius 2 is 1.68 bits per heavy atom. The fourth-order valence-corrected chi connectivity index (χ4v) is 3.07. The van der Waals surface area contributed by atoms with Crippen molar-refractivity contribution in [3.63, 3.8) is 0 Å². The van der Waals surface area contributed by atoms with Gasteiger partial charge >= 0.3 is 5.97 Å². The maximum Gasteiger partial charge on any atom is 0.344 e. The first-order valence-electron chi connectivity index (χ1n) is 7.91. The van der Waals surface area contributed by atoms with Gasteiger partial charge in [0.2, 0.25) is 0 Å². The molecule has 1 unspecified atom stereocenters. The molecule has 2 aromatic carbocycles. The average molecular weight is 337 g/mol. The van der Waals surface area contributed by atoms with Crippen LogP contribution in [0.15, 0.2) is 36.4 Å². The van der Waals surface area contributed by atoms with Crippen LogP contribution in [0, 0.1) is 13.8 Å². The lowest BCUT2D eigenvalue weighted by atomic mass is 9.97. The van der Waals surface area contributed by atoms with Crippen molar-refractivity contribution >= 4 is 17.8 Å². The van der Waals surface area contributed by atoms with Gasteiger partial charge in [-0.15, -0.1) is 0 Å². The lowest BCUT2D eigenvalue weighted by Crippen LogP contribution is -2.35. The number of rotatable bonds is 2. The molecule has 0 aromatic heterocycles. The second-order valence-corrected chi connectivity index (χ2v) is 6.20. The van der Waals surface area contributed by atoms with Crippen LogP contribution in [0.5, 0.6) is 5.75 Å². The van der Waals surface area contributed by atoms with E-state index in [9.17, 15) is 14.4 Å². The van der Waals surface area contributed by atoms with Gasteiger partial charge in [0.1, 0.15) is 18.3 Å². The van der Waals surface area contributed by atoms with Gasteiger partial charge in [0.15, 0.2) is 0 Å². The van der Waals surface area contributed by atoms with Crippen molar-refractivity contribution in [2.24, 2.45) is 0 Å². The lowest BCUT2D eigenvalue weighted by molar-refractivity contribution is -0.170. The summed E-state index contributed by atoms with van der Waals surface area (Å²) in [5, 5.41) is 0.534. The number of carbonyl (C=O) groups is 3. The van der Waals surface area contributed by atoms with Crippen molar-refractivity contribution in [3.05, 3.63) is 64.2 Å². The van der Waals surface area contributed by atoms with E-state index < -0.39 is 23.7 Å². The first-order valence-corrected chi connectivity index (χ1v) is 7.91. The number of hydroxylamine groups is 2. The number of aryl methyl sites for hydroxylation is 2. The van der Waals surface area contributed by atoms with Crippen molar-refractivity contribution in [2.75, 3.05) is 6.61 Å². The number of nitrogens with zero attached hydrogens (tertiary/aromatic N) is 1. The molecule has 25 heavy (non-hydrogen) atoms. The summed E-state index contributed by atoms with van der Waals surface area (Å²) < 4.78 is 5.56. The van der Waals surface area contributed by atoms with Gasteiger partial charge in [-0.1, -0.05) is 23.3 Å².